The molecule has 4 heteroatoms. The molecule has 0 fully saturated rings. The zero-order valence-corrected chi connectivity index (χ0v) is 10.7. The highest BCUT2D eigenvalue weighted by atomic mass is 35.5. The summed E-state index contributed by atoms with van der Waals surface area (Å²) in [5.41, 5.74) is 0. The van der Waals surface area contributed by atoms with Crippen LogP contribution in [0, 0.1) is 11.8 Å². The van der Waals surface area contributed by atoms with Gasteiger partial charge in [-0.25, -0.2) is 0 Å². The molecule has 0 saturated carbocycles. The van der Waals surface area contributed by atoms with Gasteiger partial charge >= 0.3 is 5.97 Å². The lowest BCUT2D eigenvalue weighted by molar-refractivity contribution is -0.146. The van der Waals surface area contributed by atoms with Gasteiger partial charge in [0.1, 0.15) is 0 Å². The van der Waals surface area contributed by atoms with E-state index in [4.69, 9.17) is 16.3 Å². The van der Waals surface area contributed by atoms with E-state index >= 15 is 0 Å². The molecule has 1 aromatic rings. The number of hydrogen-bond donors (Lipinski definition) is 0. The standard InChI is InChI=1S/C11H15ClO2S/c1-7(2)9(11(13)14-3)6-8-4-5-10(12)15-8/h4-5,7,9H,6H2,1-3H3. The molecule has 2 nitrogen and oxygen atoms in total. The molecular weight excluding hydrogens is 232 g/mol. The van der Waals surface area contributed by atoms with Gasteiger partial charge < -0.3 is 4.74 Å². The summed E-state index contributed by atoms with van der Waals surface area (Å²) in [6, 6.07) is 3.82. The monoisotopic (exact) mass is 246 g/mol. The van der Waals surface area contributed by atoms with Crippen LogP contribution in [0.5, 0.6) is 0 Å². The normalized spacial score (nSPS) is 12.9. The fourth-order valence-electron chi connectivity index (χ4n) is 1.42. The predicted molar refractivity (Wildman–Crippen MR) is 63.4 cm³/mol. The number of ether oxygens (including phenoxy) is 1. The first-order chi connectivity index (χ1) is 7.04. The van der Waals surface area contributed by atoms with E-state index in [2.05, 4.69) is 0 Å². The second-order valence-electron chi connectivity index (χ2n) is 3.78. The van der Waals surface area contributed by atoms with Gasteiger partial charge in [-0.05, 0) is 24.5 Å². The highest BCUT2D eigenvalue weighted by Gasteiger charge is 2.23. The third kappa shape index (κ3) is 3.50. The smallest absolute Gasteiger partial charge is 0.309 e. The van der Waals surface area contributed by atoms with Crippen molar-refractivity contribution in [1.29, 1.82) is 0 Å². The molecule has 84 valence electrons. The molecule has 0 aliphatic rings. The van der Waals surface area contributed by atoms with Crippen LogP contribution in [0.1, 0.15) is 18.7 Å². The third-order valence-corrected chi connectivity index (χ3v) is 3.61. The Labute approximate surface area is 99.2 Å². The van der Waals surface area contributed by atoms with E-state index < -0.39 is 0 Å². The number of halogens is 1. The van der Waals surface area contributed by atoms with E-state index in [0.29, 0.717) is 6.42 Å². The Morgan fingerprint density at radius 3 is 2.60 bits per heavy atom. The minimum atomic E-state index is -0.144. The number of esters is 1. The van der Waals surface area contributed by atoms with E-state index in [0.717, 1.165) is 9.21 Å². The molecule has 1 atom stereocenters. The Morgan fingerprint density at radius 2 is 2.20 bits per heavy atom. The van der Waals surface area contributed by atoms with Crippen LogP contribution in [0.3, 0.4) is 0 Å². The van der Waals surface area contributed by atoms with Crippen LogP contribution in [-0.4, -0.2) is 13.1 Å². The Bertz CT molecular complexity index is 333. The van der Waals surface area contributed by atoms with Gasteiger partial charge in [0.15, 0.2) is 0 Å². The summed E-state index contributed by atoms with van der Waals surface area (Å²) >= 11 is 7.36. The van der Waals surface area contributed by atoms with Crippen molar-refractivity contribution < 1.29 is 9.53 Å². The molecule has 0 aliphatic carbocycles. The number of hydrogen-bond acceptors (Lipinski definition) is 3. The maximum atomic E-state index is 11.5. The summed E-state index contributed by atoms with van der Waals surface area (Å²) in [7, 11) is 1.43. The van der Waals surface area contributed by atoms with Crippen molar-refractivity contribution in [3.05, 3.63) is 21.3 Å². The van der Waals surface area contributed by atoms with Crippen molar-refractivity contribution in [2.75, 3.05) is 7.11 Å². The topological polar surface area (TPSA) is 26.3 Å². The highest BCUT2D eigenvalue weighted by Crippen LogP contribution is 2.26. The van der Waals surface area contributed by atoms with Crippen LogP contribution in [0.2, 0.25) is 4.34 Å². The minimum absolute atomic E-state index is 0.0790. The van der Waals surface area contributed by atoms with Crippen molar-refractivity contribution in [3.63, 3.8) is 0 Å². The van der Waals surface area contributed by atoms with Gasteiger partial charge in [-0.15, -0.1) is 11.3 Å². The first kappa shape index (κ1) is 12.5. The quantitative estimate of drug-likeness (QED) is 0.762. The lowest BCUT2D eigenvalue weighted by Crippen LogP contribution is -2.23. The number of carbonyl (C=O) groups is 1. The van der Waals surface area contributed by atoms with Crippen LogP contribution in [-0.2, 0) is 16.0 Å². The zero-order valence-electron chi connectivity index (χ0n) is 9.12. The van der Waals surface area contributed by atoms with Gasteiger partial charge in [-0.2, -0.15) is 0 Å². The number of rotatable bonds is 4. The first-order valence-electron chi connectivity index (χ1n) is 4.86. The molecule has 0 amide bonds. The van der Waals surface area contributed by atoms with Gasteiger partial charge in [-0.3, -0.25) is 4.79 Å². The van der Waals surface area contributed by atoms with Crippen LogP contribution < -0.4 is 0 Å². The Balaban J connectivity index is 2.71. The minimum Gasteiger partial charge on any atom is -0.469 e. The molecule has 0 radical (unpaired) electrons. The van der Waals surface area contributed by atoms with Gasteiger partial charge in [0.2, 0.25) is 0 Å². The second kappa shape index (κ2) is 5.52. The van der Waals surface area contributed by atoms with Crippen LogP contribution in [0.4, 0.5) is 0 Å². The zero-order chi connectivity index (χ0) is 11.4. The molecule has 0 aromatic carbocycles. The molecule has 1 unspecified atom stereocenters. The van der Waals surface area contributed by atoms with Gasteiger partial charge in [0, 0.05) is 4.88 Å². The summed E-state index contributed by atoms with van der Waals surface area (Å²) < 4.78 is 5.55. The van der Waals surface area contributed by atoms with Crippen molar-refractivity contribution >= 4 is 28.9 Å². The van der Waals surface area contributed by atoms with Crippen molar-refractivity contribution in [1.82, 2.24) is 0 Å². The van der Waals surface area contributed by atoms with Crippen molar-refractivity contribution in [2.24, 2.45) is 11.8 Å². The molecule has 1 heterocycles. The number of thiophene rings is 1. The van der Waals surface area contributed by atoms with E-state index in [1.165, 1.54) is 18.4 Å². The number of methoxy groups -OCH3 is 1. The fourth-order valence-corrected chi connectivity index (χ4v) is 2.57. The SMILES string of the molecule is COC(=O)C(Cc1ccc(Cl)s1)C(C)C. The third-order valence-electron chi connectivity index (χ3n) is 2.36. The highest BCUT2D eigenvalue weighted by molar-refractivity contribution is 7.16. The summed E-state index contributed by atoms with van der Waals surface area (Å²) in [6.07, 6.45) is 0.710. The Kier molecular flexibility index (Phi) is 4.61. The molecule has 15 heavy (non-hydrogen) atoms. The van der Waals surface area contributed by atoms with E-state index in [9.17, 15) is 4.79 Å². The molecule has 1 rings (SSSR count). The summed E-state index contributed by atoms with van der Waals surface area (Å²) in [4.78, 5) is 12.6. The van der Waals surface area contributed by atoms with Crippen LogP contribution in [0.15, 0.2) is 12.1 Å². The molecule has 0 bridgehead atoms. The largest absolute Gasteiger partial charge is 0.469 e. The molecule has 0 N–H and O–H groups in total. The lowest BCUT2D eigenvalue weighted by atomic mass is 9.92. The summed E-state index contributed by atoms with van der Waals surface area (Å²) in [5, 5.41) is 0. The molecular formula is C11H15ClO2S. The molecule has 0 spiro atoms. The maximum Gasteiger partial charge on any atom is 0.309 e. The fraction of sp³-hybridized carbons (Fsp3) is 0.545. The van der Waals surface area contributed by atoms with E-state index in [-0.39, 0.29) is 17.8 Å². The first-order valence-corrected chi connectivity index (χ1v) is 6.06. The Hall–Kier alpha value is -0.540. The van der Waals surface area contributed by atoms with Gasteiger partial charge in [-0.1, -0.05) is 25.4 Å². The Morgan fingerprint density at radius 1 is 1.53 bits per heavy atom. The maximum absolute atomic E-state index is 11.5. The van der Waals surface area contributed by atoms with Crippen molar-refractivity contribution in [2.45, 2.75) is 20.3 Å². The number of carbonyl (C=O) groups excluding carboxylic acids is 1. The average Bonchev–Trinajstić information content (AvgIpc) is 2.59. The summed E-state index contributed by atoms with van der Waals surface area (Å²) in [6.45, 7) is 4.05. The van der Waals surface area contributed by atoms with E-state index in [1.807, 2.05) is 26.0 Å². The van der Waals surface area contributed by atoms with Crippen LogP contribution >= 0.6 is 22.9 Å². The van der Waals surface area contributed by atoms with Gasteiger partial charge in [0.05, 0.1) is 17.4 Å². The summed E-state index contributed by atoms with van der Waals surface area (Å²) in [5.74, 6) is 0.0533. The molecule has 1 aromatic heterocycles. The molecule has 0 aliphatic heterocycles. The van der Waals surface area contributed by atoms with Crippen LogP contribution in [0.25, 0.3) is 0 Å². The van der Waals surface area contributed by atoms with E-state index in [1.54, 1.807) is 0 Å². The average molecular weight is 247 g/mol. The van der Waals surface area contributed by atoms with Crippen molar-refractivity contribution in [3.8, 4) is 0 Å². The predicted octanol–water partition coefficient (Wildman–Crippen LogP) is 3.39. The van der Waals surface area contributed by atoms with Gasteiger partial charge in [0.25, 0.3) is 0 Å². The second-order valence-corrected chi connectivity index (χ2v) is 5.58. The molecule has 0 saturated heterocycles. The lowest BCUT2D eigenvalue weighted by Gasteiger charge is -2.17.